The van der Waals surface area contributed by atoms with Gasteiger partial charge in [-0.1, -0.05) is 13.8 Å². The van der Waals surface area contributed by atoms with Gasteiger partial charge in [-0.15, -0.1) is 0 Å². The van der Waals surface area contributed by atoms with Gasteiger partial charge in [0.05, 0.1) is 29.7 Å². The quantitative estimate of drug-likeness (QED) is 0.919. The molecule has 0 saturated carbocycles. The van der Waals surface area contributed by atoms with Gasteiger partial charge in [-0.05, 0) is 51.0 Å². The summed E-state index contributed by atoms with van der Waals surface area (Å²) in [6, 6.07) is 7.77. The Labute approximate surface area is 137 Å². The molecule has 1 aromatic heterocycles. The van der Waals surface area contributed by atoms with Gasteiger partial charge in [0.25, 0.3) is 5.91 Å². The standard InChI is InChI=1S/C18H25N3O2/c1-11(2)17-16(18(22)19-12(3)4)13(5)20-21(17)14-7-9-15(23-6)10-8-14/h7-12H,1-6H3,(H,19,22). The van der Waals surface area contributed by atoms with Crippen molar-refractivity contribution in [3.05, 3.63) is 41.2 Å². The van der Waals surface area contributed by atoms with Crippen LogP contribution in [0.25, 0.3) is 5.69 Å². The third kappa shape index (κ3) is 3.55. The molecule has 2 rings (SSSR count). The zero-order valence-corrected chi connectivity index (χ0v) is 14.7. The smallest absolute Gasteiger partial charge is 0.255 e. The van der Waals surface area contributed by atoms with Gasteiger partial charge in [-0.25, -0.2) is 4.68 Å². The topological polar surface area (TPSA) is 56.2 Å². The Morgan fingerprint density at radius 2 is 1.78 bits per heavy atom. The number of benzene rings is 1. The van der Waals surface area contributed by atoms with Gasteiger partial charge in [0, 0.05) is 6.04 Å². The van der Waals surface area contributed by atoms with E-state index >= 15 is 0 Å². The number of rotatable bonds is 5. The summed E-state index contributed by atoms with van der Waals surface area (Å²) in [5, 5.41) is 7.57. The first kappa shape index (κ1) is 17.1. The molecule has 0 aliphatic rings. The van der Waals surface area contributed by atoms with E-state index in [-0.39, 0.29) is 17.9 Å². The number of carbonyl (C=O) groups is 1. The molecule has 0 bridgehead atoms. The zero-order valence-electron chi connectivity index (χ0n) is 14.7. The molecule has 0 aliphatic heterocycles. The highest BCUT2D eigenvalue weighted by atomic mass is 16.5. The predicted octanol–water partition coefficient (Wildman–Crippen LogP) is 3.45. The van der Waals surface area contributed by atoms with Gasteiger partial charge < -0.3 is 10.1 Å². The van der Waals surface area contributed by atoms with Gasteiger partial charge in [0.2, 0.25) is 0 Å². The summed E-state index contributed by atoms with van der Waals surface area (Å²) in [4.78, 5) is 12.6. The van der Waals surface area contributed by atoms with Crippen LogP contribution in [0.1, 0.15) is 55.4 Å². The number of carbonyl (C=O) groups excluding carboxylic acids is 1. The highest BCUT2D eigenvalue weighted by Crippen LogP contribution is 2.26. The molecule has 0 saturated heterocycles. The first-order valence-electron chi connectivity index (χ1n) is 7.90. The Bertz CT molecular complexity index is 685. The van der Waals surface area contributed by atoms with E-state index in [4.69, 9.17) is 4.74 Å². The average Bonchev–Trinajstić information content (AvgIpc) is 2.84. The highest BCUT2D eigenvalue weighted by Gasteiger charge is 2.24. The third-order valence-corrected chi connectivity index (χ3v) is 3.61. The van der Waals surface area contributed by atoms with Crippen LogP contribution in [0.15, 0.2) is 24.3 Å². The molecule has 1 N–H and O–H groups in total. The van der Waals surface area contributed by atoms with E-state index in [1.807, 2.05) is 49.7 Å². The van der Waals surface area contributed by atoms with Crippen molar-refractivity contribution in [2.24, 2.45) is 0 Å². The Hall–Kier alpha value is -2.30. The number of hydrogen-bond acceptors (Lipinski definition) is 3. The molecule has 124 valence electrons. The molecule has 5 nitrogen and oxygen atoms in total. The van der Waals surface area contributed by atoms with E-state index in [2.05, 4.69) is 24.3 Å². The van der Waals surface area contributed by atoms with Crippen LogP contribution >= 0.6 is 0 Å². The van der Waals surface area contributed by atoms with Gasteiger partial charge in [-0.2, -0.15) is 5.10 Å². The van der Waals surface area contributed by atoms with E-state index < -0.39 is 0 Å². The lowest BCUT2D eigenvalue weighted by atomic mass is 10.0. The number of methoxy groups -OCH3 is 1. The minimum absolute atomic E-state index is 0.0686. The zero-order chi connectivity index (χ0) is 17.1. The second-order valence-electron chi connectivity index (χ2n) is 6.24. The highest BCUT2D eigenvalue weighted by molar-refractivity contribution is 5.97. The van der Waals surface area contributed by atoms with Crippen molar-refractivity contribution in [2.45, 2.75) is 46.6 Å². The maximum atomic E-state index is 12.6. The Kier molecular flexibility index (Phi) is 5.08. The molecular weight excluding hydrogens is 290 g/mol. The Morgan fingerprint density at radius 1 is 1.17 bits per heavy atom. The maximum Gasteiger partial charge on any atom is 0.255 e. The lowest BCUT2D eigenvalue weighted by Crippen LogP contribution is -2.31. The van der Waals surface area contributed by atoms with Gasteiger partial charge >= 0.3 is 0 Å². The van der Waals surface area contributed by atoms with Crippen LogP contribution in [-0.2, 0) is 0 Å². The van der Waals surface area contributed by atoms with E-state index in [1.165, 1.54) is 0 Å². The fourth-order valence-corrected chi connectivity index (χ4v) is 2.61. The normalized spacial score (nSPS) is 11.1. The molecule has 0 radical (unpaired) electrons. The minimum Gasteiger partial charge on any atom is -0.497 e. The van der Waals surface area contributed by atoms with Crippen molar-refractivity contribution in [3.8, 4) is 11.4 Å². The molecule has 5 heteroatoms. The summed E-state index contributed by atoms with van der Waals surface area (Å²) in [6.45, 7) is 9.93. The van der Waals surface area contributed by atoms with Crippen LogP contribution in [0.4, 0.5) is 0 Å². The Balaban J connectivity index is 2.54. The van der Waals surface area contributed by atoms with Crippen LogP contribution in [0.3, 0.4) is 0 Å². The molecule has 0 spiro atoms. The molecule has 1 heterocycles. The first-order valence-corrected chi connectivity index (χ1v) is 7.90. The number of hydrogen-bond donors (Lipinski definition) is 1. The summed E-state index contributed by atoms with van der Waals surface area (Å²) in [7, 11) is 1.64. The van der Waals surface area contributed by atoms with Crippen LogP contribution in [-0.4, -0.2) is 28.8 Å². The SMILES string of the molecule is COc1ccc(-n2nc(C)c(C(=O)NC(C)C)c2C(C)C)cc1. The molecule has 1 aromatic carbocycles. The van der Waals surface area contributed by atoms with Crippen LogP contribution < -0.4 is 10.1 Å². The molecule has 0 aliphatic carbocycles. The van der Waals surface area contributed by atoms with E-state index in [9.17, 15) is 4.79 Å². The predicted molar refractivity (Wildman–Crippen MR) is 91.5 cm³/mol. The van der Waals surface area contributed by atoms with Gasteiger partial charge in [0.15, 0.2) is 0 Å². The minimum atomic E-state index is -0.0686. The summed E-state index contributed by atoms with van der Waals surface area (Å²) in [6.07, 6.45) is 0. The van der Waals surface area contributed by atoms with Crippen molar-refractivity contribution in [2.75, 3.05) is 7.11 Å². The third-order valence-electron chi connectivity index (χ3n) is 3.61. The average molecular weight is 315 g/mol. The number of aryl methyl sites for hydroxylation is 1. The maximum absolute atomic E-state index is 12.6. The van der Waals surface area contributed by atoms with E-state index in [0.29, 0.717) is 5.56 Å². The van der Waals surface area contributed by atoms with Crippen molar-refractivity contribution in [1.82, 2.24) is 15.1 Å². The number of nitrogens with one attached hydrogen (secondary N) is 1. The van der Waals surface area contributed by atoms with E-state index in [1.54, 1.807) is 7.11 Å². The lowest BCUT2D eigenvalue weighted by molar-refractivity contribution is 0.0941. The van der Waals surface area contributed by atoms with Crippen LogP contribution in [0, 0.1) is 6.92 Å². The molecule has 0 atom stereocenters. The Morgan fingerprint density at radius 3 is 2.26 bits per heavy atom. The largest absolute Gasteiger partial charge is 0.497 e. The van der Waals surface area contributed by atoms with Crippen LogP contribution in [0.5, 0.6) is 5.75 Å². The van der Waals surface area contributed by atoms with Gasteiger partial charge in [-0.3, -0.25) is 4.79 Å². The summed E-state index contributed by atoms with van der Waals surface area (Å²) >= 11 is 0. The van der Waals surface area contributed by atoms with Crippen molar-refractivity contribution in [1.29, 1.82) is 0 Å². The van der Waals surface area contributed by atoms with Gasteiger partial charge in [0.1, 0.15) is 5.75 Å². The first-order chi connectivity index (χ1) is 10.8. The number of ether oxygens (including phenoxy) is 1. The van der Waals surface area contributed by atoms with Crippen molar-refractivity contribution >= 4 is 5.91 Å². The second-order valence-corrected chi connectivity index (χ2v) is 6.24. The van der Waals surface area contributed by atoms with E-state index in [0.717, 1.165) is 22.8 Å². The summed E-state index contributed by atoms with van der Waals surface area (Å²) in [5.41, 5.74) is 3.25. The summed E-state index contributed by atoms with van der Waals surface area (Å²) < 4.78 is 7.06. The van der Waals surface area contributed by atoms with Crippen molar-refractivity contribution < 1.29 is 9.53 Å². The number of aromatic nitrogens is 2. The van der Waals surface area contributed by atoms with Crippen LogP contribution in [0.2, 0.25) is 0 Å². The fraction of sp³-hybridized carbons (Fsp3) is 0.444. The summed E-state index contributed by atoms with van der Waals surface area (Å²) in [5.74, 6) is 0.897. The second kappa shape index (κ2) is 6.86. The molecule has 0 fully saturated rings. The molecule has 1 amide bonds. The molecule has 23 heavy (non-hydrogen) atoms. The lowest BCUT2D eigenvalue weighted by Gasteiger charge is -2.14. The number of nitrogens with zero attached hydrogens (tertiary/aromatic N) is 2. The molecule has 2 aromatic rings. The van der Waals surface area contributed by atoms with Crippen molar-refractivity contribution in [3.63, 3.8) is 0 Å². The fourth-order valence-electron chi connectivity index (χ4n) is 2.61. The monoisotopic (exact) mass is 315 g/mol. The number of amides is 1. The molecule has 0 unspecified atom stereocenters. The molecular formula is C18H25N3O2.